The molecule has 1 aliphatic heterocycles. The van der Waals surface area contributed by atoms with Crippen LogP contribution in [-0.4, -0.2) is 18.4 Å². The Hall–Kier alpha value is -3.34. The Morgan fingerprint density at radius 2 is 1.54 bits per heavy atom. The van der Waals surface area contributed by atoms with Gasteiger partial charge in [-0.2, -0.15) is 0 Å². The molecule has 1 aliphatic rings. The van der Waals surface area contributed by atoms with E-state index < -0.39 is 6.04 Å². The molecular weight excluding hydrogens is 352 g/mol. The molecule has 1 aromatic heterocycles. The van der Waals surface area contributed by atoms with Gasteiger partial charge in [-0.15, -0.1) is 0 Å². The molecule has 1 fully saturated rings. The average Bonchev–Trinajstić information content (AvgIpc) is 3.10. The van der Waals surface area contributed by atoms with Gasteiger partial charge in [0.05, 0.1) is 5.69 Å². The Morgan fingerprint density at radius 3 is 2.14 bits per heavy atom. The fraction of sp³-hybridized carbons (Fsp3) is 0.217. The molecule has 0 saturated carbocycles. The zero-order chi connectivity index (χ0) is 19.8. The zero-order valence-electron chi connectivity index (χ0n) is 16.2. The third-order valence-electron chi connectivity index (χ3n) is 5.09. The minimum Gasteiger partial charge on any atom is -0.464 e. The topological polar surface area (TPSA) is 53.8 Å². The van der Waals surface area contributed by atoms with Crippen LogP contribution in [0.5, 0.6) is 0 Å². The van der Waals surface area contributed by atoms with Crippen LogP contribution in [0.3, 0.4) is 0 Å². The van der Waals surface area contributed by atoms with Crippen molar-refractivity contribution in [3.8, 4) is 0 Å². The van der Waals surface area contributed by atoms with Crippen molar-refractivity contribution < 1.29 is 14.0 Å². The fourth-order valence-electron chi connectivity index (χ4n) is 3.84. The molecule has 142 valence electrons. The smallest absolute Gasteiger partial charge is 0.258 e. The number of anilines is 2. The molecule has 2 heterocycles. The second-order valence-corrected chi connectivity index (χ2v) is 7.12. The van der Waals surface area contributed by atoms with Crippen LogP contribution in [0, 0.1) is 20.8 Å². The van der Waals surface area contributed by atoms with E-state index in [0.717, 1.165) is 16.8 Å². The number of furan rings is 1. The summed E-state index contributed by atoms with van der Waals surface area (Å²) in [6.07, 6.45) is 0. The number of benzene rings is 2. The molecule has 5 nitrogen and oxygen atoms in total. The maximum atomic E-state index is 13.6. The molecule has 28 heavy (non-hydrogen) atoms. The lowest BCUT2D eigenvalue weighted by Gasteiger charge is -2.40. The number of piperazine rings is 1. The highest BCUT2D eigenvalue weighted by molar-refractivity contribution is 6.14. The molecule has 2 amide bonds. The zero-order valence-corrected chi connectivity index (χ0v) is 16.2. The maximum Gasteiger partial charge on any atom is 0.258 e. The Kier molecular flexibility index (Phi) is 4.51. The molecule has 1 saturated heterocycles. The van der Waals surface area contributed by atoms with E-state index in [2.05, 4.69) is 0 Å². The van der Waals surface area contributed by atoms with Crippen LogP contribution in [0.2, 0.25) is 0 Å². The highest BCUT2D eigenvalue weighted by atomic mass is 16.3. The largest absolute Gasteiger partial charge is 0.464 e. The third kappa shape index (κ3) is 2.99. The van der Waals surface area contributed by atoms with Crippen molar-refractivity contribution in [1.29, 1.82) is 0 Å². The van der Waals surface area contributed by atoms with Crippen molar-refractivity contribution in [2.24, 2.45) is 0 Å². The molecule has 0 spiro atoms. The summed E-state index contributed by atoms with van der Waals surface area (Å²) in [6.45, 7) is 5.73. The number of hydrogen-bond donors (Lipinski definition) is 0. The van der Waals surface area contributed by atoms with Gasteiger partial charge in [0.15, 0.2) is 6.04 Å². The normalized spacial score (nSPS) is 17.3. The monoisotopic (exact) mass is 374 g/mol. The number of carbonyl (C=O) groups excluding carboxylic acids is 2. The van der Waals surface area contributed by atoms with E-state index in [1.165, 1.54) is 0 Å². The number of amides is 2. The van der Waals surface area contributed by atoms with Crippen molar-refractivity contribution in [3.05, 3.63) is 83.3 Å². The minimum absolute atomic E-state index is 0.00435. The first kappa shape index (κ1) is 18.0. The van der Waals surface area contributed by atoms with Crippen LogP contribution in [0.25, 0.3) is 0 Å². The SMILES string of the molecule is Cc1ccc([C@H]2C(=O)N(c3c(C)cccc3C)CC(=O)N2c2ccccc2)o1. The third-order valence-corrected chi connectivity index (χ3v) is 5.09. The Balaban J connectivity index is 1.85. The van der Waals surface area contributed by atoms with Gasteiger partial charge in [0.1, 0.15) is 18.1 Å². The van der Waals surface area contributed by atoms with Gasteiger partial charge >= 0.3 is 0 Å². The van der Waals surface area contributed by atoms with E-state index >= 15 is 0 Å². The van der Waals surface area contributed by atoms with E-state index in [0.29, 0.717) is 17.2 Å². The highest BCUT2D eigenvalue weighted by Gasteiger charge is 2.44. The van der Waals surface area contributed by atoms with Gasteiger partial charge in [-0.05, 0) is 56.2 Å². The summed E-state index contributed by atoms with van der Waals surface area (Å²) in [7, 11) is 0. The summed E-state index contributed by atoms with van der Waals surface area (Å²) >= 11 is 0. The van der Waals surface area contributed by atoms with E-state index in [9.17, 15) is 9.59 Å². The van der Waals surface area contributed by atoms with Gasteiger partial charge in [0, 0.05) is 5.69 Å². The number of nitrogens with zero attached hydrogens (tertiary/aromatic N) is 2. The van der Waals surface area contributed by atoms with E-state index in [1.54, 1.807) is 15.9 Å². The summed E-state index contributed by atoms with van der Waals surface area (Å²) < 4.78 is 5.80. The molecule has 0 unspecified atom stereocenters. The molecule has 4 rings (SSSR count). The predicted octanol–water partition coefficient (Wildman–Crippen LogP) is 4.33. The number of carbonyl (C=O) groups is 2. The van der Waals surface area contributed by atoms with E-state index in [1.807, 2.05) is 75.4 Å². The molecule has 0 N–H and O–H groups in total. The van der Waals surface area contributed by atoms with Crippen molar-refractivity contribution in [3.63, 3.8) is 0 Å². The van der Waals surface area contributed by atoms with Crippen LogP contribution in [0.4, 0.5) is 11.4 Å². The fourth-order valence-corrected chi connectivity index (χ4v) is 3.84. The quantitative estimate of drug-likeness (QED) is 0.686. The molecule has 0 radical (unpaired) electrons. The number of para-hydroxylation sites is 2. The van der Waals surface area contributed by atoms with Crippen LogP contribution in [-0.2, 0) is 9.59 Å². The van der Waals surface area contributed by atoms with Gasteiger partial charge in [0.2, 0.25) is 5.91 Å². The summed E-state index contributed by atoms with van der Waals surface area (Å²) in [4.78, 5) is 30.0. The number of aryl methyl sites for hydroxylation is 3. The van der Waals surface area contributed by atoms with E-state index in [4.69, 9.17) is 4.42 Å². The van der Waals surface area contributed by atoms with Crippen LogP contribution >= 0.6 is 0 Å². The van der Waals surface area contributed by atoms with Crippen LogP contribution < -0.4 is 9.80 Å². The van der Waals surface area contributed by atoms with Gasteiger partial charge in [-0.25, -0.2) is 0 Å². The first-order valence-corrected chi connectivity index (χ1v) is 9.28. The standard InChI is InChI=1S/C23H22N2O3/c1-15-8-7-9-16(2)21(15)24-14-20(26)25(18-10-5-4-6-11-18)22(23(24)27)19-13-12-17(3)28-19/h4-13,22H,14H2,1-3H3/t22-/m0/s1. The molecular formula is C23H22N2O3. The van der Waals surface area contributed by atoms with Crippen molar-refractivity contribution in [1.82, 2.24) is 0 Å². The first-order valence-electron chi connectivity index (χ1n) is 9.28. The maximum absolute atomic E-state index is 13.6. The second-order valence-electron chi connectivity index (χ2n) is 7.12. The Bertz CT molecular complexity index is 1020. The molecule has 5 heteroatoms. The highest BCUT2D eigenvalue weighted by Crippen LogP contribution is 2.37. The lowest BCUT2D eigenvalue weighted by atomic mass is 10.0. The molecule has 0 bridgehead atoms. The molecule has 2 aromatic carbocycles. The Morgan fingerprint density at radius 1 is 0.857 bits per heavy atom. The lowest BCUT2D eigenvalue weighted by molar-refractivity contribution is -0.129. The van der Waals surface area contributed by atoms with Gasteiger partial charge < -0.3 is 9.32 Å². The number of hydrogen-bond acceptors (Lipinski definition) is 3. The summed E-state index contributed by atoms with van der Waals surface area (Å²) in [5, 5.41) is 0. The predicted molar refractivity (Wildman–Crippen MR) is 108 cm³/mol. The molecule has 1 atom stereocenters. The summed E-state index contributed by atoms with van der Waals surface area (Å²) in [5.74, 6) is 0.853. The van der Waals surface area contributed by atoms with Crippen LogP contribution in [0.15, 0.2) is 65.1 Å². The van der Waals surface area contributed by atoms with Crippen molar-refractivity contribution in [2.45, 2.75) is 26.8 Å². The van der Waals surface area contributed by atoms with Crippen LogP contribution in [0.1, 0.15) is 28.7 Å². The second kappa shape index (κ2) is 7.00. The summed E-state index contributed by atoms with van der Waals surface area (Å²) in [5.41, 5.74) is 3.40. The Labute approximate surface area is 164 Å². The first-order chi connectivity index (χ1) is 13.5. The van der Waals surface area contributed by atoms with Gasteiger partial charge in [-0.1, -0.05) is 36.4 Å². The van der Waals surface area contributed by atoms with Crippen molar-refractivity contribution in [2.75, 3.05) is 16.3 Å². The molecule has 3 aromatic rings. The molecule has 0 aliphatic carbocycles. The van der Waals surface area contributed by atoms with Crippen molar-refractivity contribution >= 4 is 23.2 Å². The van der Waals surface area contributed by atoms with Gasteiger partial charge in [0.25, 0.3) is 5.91 Å². The van der Waals surface area contributed by atoms with E-state index in [-0.39, 0.29) is 18.4 Å². The summed E-state index contributed by atoms with van der Waals surface area (Å²) in [6, 6.07) is 17.9. The average molecular weight is 374 g/mol. The van der Waals surface area contributed by atoms with Gasteiger partial charge in [-0.3, -0.25) is 14.5 Å². The minimum atomic E-state index is -0.837. The number of rotatable bonds is 3. The lowest BCUT2D eigenvalue weighted by Crippen LogP contribution is -2.56.